The van der Waals surface area contributed by atoms with E-state index in [1.807, 2.05) is 13.0 Å². The first-order valence-corrected chi connectivity index (χ1v) is 9.41. The van der Waals surface area contributed by atoms with Crippen LogP contribution in [-0.4, -0.2) is 28.5 Å². The number of hydrogen-bond donors (Lipinski definition) is 3. The highest BCUT2D eigenvalue weighted by atomic mass is 16.2. The average molecular weight is 365 g/mol. The molecule has 4 rings (SSSR count). The van der Waals surface area contributed by atoms with Crippen LogP contribution in [0.15, 0.2) is 18.2 Å². The molecule has 2 aliphatic rings. The molecule has 140 valence electrons. The first-order valence-electron chi connectivity index (χ1n) is 9.41. The second-order valence-corrected chi connectivity index (χ2v) is 7.09. The Morgan fingerprint density at radius 1 is 1.22 bits per heavy atom. The van der Waals surface area contributed by atoms with Crippen LogP contribution in [0.25, 0.3) is 0 Å². The summed E-state index contributed by atoms with van der Waals surface area (Å²) in [6, 6.07) is 5.13. The second-order valence-electron chi connectivity index (χ2n) is 7.09. The van der Waals surface area contributed by atoms with Crippen LogP contribution in [0.2, 0.25) is 0 Å². The molecular formula is C20H23N5O2. The fourth-order valence-electron chi connectivity index (χ4n) is 3.73. The molecule has 0 fully saturated rings. The van der Waals surface area contributed by atoms with Crippen LogP contribution in [0.4, 0.5) is 16.2 Å². The van der Waals surface area contributed by atoms with Crippen molar-refractivity contribution >= 4 is 23.3 Å². The lowest BCUT2D eigenvalue weighted by Crippen LogP contribution is -2.31. The minimum Gasteiger partial charge on any atom is -0.337 e. The van der Waals surface area contributed by atoms with Gasteiger partial charge in [-0.3, -0.25) is 4.79 Å². The third kappa shape index (κ3) is 3.92. The number of amides is 3. The smallest absolute Gasteiger partial charge is 0.319 e. The van der Waals surface area contributed by atoms with Gasteiger partial charge in [-0.15, -0.1) is 0 Å². The van der Waals surface area contributed by atoms with E-state index in [2.05, 4.69) is 25.9 Å². The number of anilines is 2. The van der Waals surface area contributed by atoms with Crippen molar-refractivity contribution in [3.63, 3.8) is 0 Å². The van der Waals surface area contributed by atoms with Crippen LogP contribution < -0.4 is 16.0 Å². The topological polar surface area (TPSA) is 96.0 Å². The van der Waals surface area contributed by atoms with Gasteiger partial charge in [0.15, 0.2) is 0 Å². The molecule has 1 aliphatic heterocycles. The van der Waals surface area contributed by atoms with Crippen molar-refractivity contribution in [3.05, 3.63) is 46.5 Å². The molecule has 1 aromatic heterocycles. The van der Waals surface area contributed by atoms with Gasteiger partial charge in [0.1, 0.15) is 5.82 Å². The predicted octanol–water partition coefficient (Wildman–Crippen LogP) is 2.52. The van der Waals surface area contributed by atoms with Crippen LogP contribution in [0, 0.1) is 6.92 Å². The molecule has 27 heavy (non-hydrogen) atoms. The number of carbonyl (C=O) groups is 2. The van der Waals surface area contributed by atoms with Crippen LogP contribution in [0.3, 0.4) is 0 Å². The molecule has 0 unspecified atom stereocenters. The monoisotopic (exact) mass is 365 g/mol. The lowest BCUT2D eigenvalue weighted by molar-refractivity contribution is -0.115. The van der Waals surface area contributed by atoms with Gasteiger partial charge in [-0.25, -0.2) is 14.8 Å². The molecule has 7 heteroatoms. The third-order valence-corrected chi connectivity index (χ3v) is 5.06. The molecule has 3 N–H and O–H groups in total. The first-order chi connectivity index (χ1) is 13.1. The molecule has 0 saturated heterocycles. The van der Waals surface area contributed by atoms with E-state index in [0.717, 1.165) is 35.6 Å². The number of aromatic nitrogens is 2. The summed E-state index contributed by atoms with van der Waals surface area (Å²) < 4.78 is 0. The molecule has 2 aromatic rings. The van der Waals surface area contributed by atoms with Gasteiger partial charge in [-0.2, -0.15) is 0 Å². The summed E-state index contributed by atoms with van der Waals surface area (Å²) >= 11 is 0. The second kappa shape index (κ2) is 7.34. The zero-order valence-electron chi connectivity index (χ0n) is 15.4. The van der Waals surface area contributed by atoms with Crippen LogP contribution in [0.1, 0.15) is 41.2 Å². The lowest BCUT2D eigenvalue weighted by Gasteiger charge is -2.17. The Morgan fingerprint density at radius 3 is 2.96 bits per heavy atom. The molecule has 0 bridgehead atoms. The summed E-state index contributed by atoms with van der Waals surface area (Å²) in [5.41, 5.74) is 5.93. The normalized spacial score (nSPS) is 14.9. The van der Waals surface area contributed by atoms with Crippen molar-refractivity contribution in [2.45, 2.75) is 45.4 Å². The Balaban J connectivity index is 1.31. The van der Waals surface area contributed by atoms with E-state index in [1.165, 1.54) is 24.1 Å². The van der Waals surface area contributed by atoms with Gasteiger partial charge in [0.05, 0.1) is 6.42 Å². The van der Waals surface area contributed by atoms with Gasteiger partial charge >= 0.3 is 6.03 Å². The first kappa shape index (κ1) is 17.5. The van der Waals surface area contributed by atoms with Gasteiger partial charge in [-0.05, 0) is 61.9 Å². The summed E-state index contributed by atoms with van der Waals surface area (Å²) in [5, 5.41) is 8.42. The van der Waals surface area contributed by atoms with Crippen molar-refractivity contribution in [2.75, 3.05) is 17.2 Å². The molecule has 0 spiro atoms. The Morgan fingerprint density at radius 2 is 2.07 bits per heavy atom. The number of aryl methyl sites for hydroxylation is 2. The van der Waals surface area contributed by atoms with Gasteiger partial charge in [0.2, 0.25) is 5.91 Å². The van der Waals surface area contributed by atoms with Gasteiger partial charge in [-0.1, -0.05) is 0 Å². The largest absolute Gasteiger partial charge is 0.337 e. The van der Waals surface area contributed by atoms with Crippen molar-refractivity contribution < 1.29 is 9.59 Å². The van der Waals surface area contributed by atoms with E-state index in [-0.39, 0.29) is 11.9 Å². The van der Waals surface area contributed by atoms with Crippen molar-refractivity contribution in [1.29, 1.82) is 0 Å². The SMILES string of the molecule is Cc1nc(CCNC(=O)Nc2ccc3c(c2)CC(=O)N3)nc2c1CCCC2. The molecule has 1 aliphatic carbocycles. The fourth-order valence-corrected chi connectivity index (χ4v) is 3.73. The van der Waals surface area contributed by atoms with Crippen LogP contribution in [-0.2, 0) is 30.5 Å². The summed E-state index contributed by atoms with van der Waals surface area (Å²) in [4.78, 5) is 32.8. The van der Waals surface area contributed by atoms with Crippen molar-refractivity contribution in [2.24, 2.45) is 0 Å². The molecule has 0 radical (unpaired) electrons. The number of carbonyl (C=O) groups excluding carboxylic acids is 2. The Hall–Kier alpha value is -2.96. The zero-order valence-corrected chi connectivity index (χ0v) is 15.4. The van der Waals surface area contributed by atoms with E-state index < -0.39 is 0 Å². The highest BCUT2D eigenvalue weighted by Gasteiger charge is 2.18. The molecule has 1 aromatic carbocycles. The molecule has 2 heterocycles. The molecule has 0 saturated carbocycles. The molecule has 7 nitrogen and oxygen atoms in total. The highest BCUT2D eigenvalue weighted by molar-refractivity contribution is 6.00. The van der Waals surface area contributed by atoms with Crippen molar-refractivity contribution in [3.8, 4) is 0 Å². The number of hydrogen-bond acceptors (Lipinski definition) is 4. The molecule has 3 amide bonds. The predicted molar refractivity (Wildman–Crippen MR) is 103 cm³/mol. The van der Waals surface area contributed by atoms with E-state index in [4.69, 9.17) is 0 Å². The van der Waals surface area contributed by atoms with Crippen molar-refractivity contribution in [1.82, 2.24) is 15.3 Å². The molecule has 0 atom stereocenters. The maximum atomic E-state index is 12.1. The van der Waals surface area contributed by atoms with E-state index >= 15 is 0 Å². The zero-order chi connectivity index (χ0) is 18.8. The van der Waals surface area contributed by atoms with Gasteiger partial charge < -0.3 is 16.0 Å². The minimum atomic E-state index is -0.276. The summed E-state index contributed by atoms with van der Waals surface area (Å²) in [6.07, 6.45) is 5.45. The standard InChI is InChI=1S/C20H23N5O2/c1-12-15-4-2-3-5-17(15)24-18(22-12)8-9-21-20(27)23-14-6-7-16-13(10-14)11-19(26)25-16/h6-7,10H,2-5,8-9,11H2,1H3,(H,25,26)(H2,21,23,27). The van der Waals surface area contributed by atoms with Gasteiger partial charge in [0, 0.05) is 35.7 Å². The summed E-state index contributed by atoms with van der Waals surface area (Å²) in [7, 11) is 0. The Bertz CT molecular complexity index is 909. The van der Waals surface area contributed by atoms with Crippen LogP contribution >= 0.6 is 0 Å². The number of urea groups is 1. The number of benzene rings is 1. The highest BCUT2D eigenvalue weighted by Crippen LogP contribution is 2.26. The van der Waals surface area contributed by atoms with Crippen LogP contribution in [0.5, 0.6) is 0 Å². The van der Waals surface area contributed by atoms with Gasteiger partial charge in [0.25, 0.3) is 0 Å². The summed E-state index contributed by atoms with van der Waals surface area (Å²) in [5.74, 6) is 0.766. The van der Waals surface area contributed by atoms with E-state index in [9.17, 15) is 9.59 Å². The number of nitrogens with one attached hydrogen (secondary N) is 3. The Labute approximate surface area is 158 Å². The molecular weight excluding hydrogens is 342 g/mol. The minimum absolute atomic E-state index is 0.0213. The number of nitrogens with zero attached hydrogens (tertiary/aromatic N) is 2. The van der Waals surface area contributed by atoms with E-state index in [1.54, 1.807) is 12.1 Å². The number of fused-ring (bicyclic) bond motifs is 2. The Kier molecular flexibility index (Phi) is 4.75. The third-order valence-electron chi connectivity index (χ3n) is 5.06. The number of rotatable bonds is 4. The maximum Gasteiger partial charge on any atom is 0.319 e. The average Bonchev–Trinajstić information content (AvgIpc) is 3.01. The van der Waals surface area contributed by atoms with E-state index in [0.29, 0.717) is 25.1 Å². The summed E-state index contributed by atoms with van der Waals surface area (Å²) in [6.45, 7) is 2.51. The fraction of sp³-hybridized carbons (Fsp3) is 0.400. The maximum absolute atomic E-state index is 12.1. The quantitative estimate of drug-likeness (QED) is 0.776. The lowest BCUT2D eigenvalue weighted by atomic mass is 9.95.